The highest BCUT2D eigenvalue weighted by atomic mass is 79.9. The number of aryl methyl sites for hydroxylation is 1. The van der Waals surface area contributed by atoms with Crippen LogP contribution in [0.1, 0.15) is 5.56 Å². The Morgan fingerprint density at radius 1 is 1.05 bits per heavy atom. The fraction of sp³-hybridized carbons (Fsp3) is 0.133. The molecule has 0 saturated carbocycles. The van der Waals surface area contributed by atoms with Gasteiger partial charge in [0.05, 0.1) is 8.95 Å². The maximum absolute atomic E-state index is 11.8. The van der Waals surface area contributed by atoms with Gasteiger partial charge < -0.3 is 9.47 Å². The van der Waals surface area contributed by atoms with Crippen LogP contribution in [0.5, 0.6) is 11.5 Å². The highest BCUT2D eigenvalue weighted by Gasteiger charge is 2.10. The second-order valence-electron chi connectivity index (χ2n) is 4.13. The van der Waals surface area contributed by atoms with Crippen LogP contribution in [0.2, 0.25) is 0 Å². The first-order valence-electron chi connectivity index (χ1n) is 5.90. The van der Waals surface area contributed by atoms with E-state index < -0.39 is 5.97 Å². The van der Waals surface area contributed by atoms with Gasteiger partial charge in [0.2, 0.25) is 0 Å². The van der Waals surface area contributed by atoms with Gasteiger partial charge in [0.15, 0.2) is 6.61 Å². The normalized spacial score (nSPS) is 10.2. The lowest BCUT2D eigenvalue weighted by molar-refractivity contribution is -0.136. The predicted molar refractivity (Wildman–Crippen MR) is 84.2 cm³/mol. The minimum absolute atomic E-state index is 0.150. The zero-order valence-electron chi connectivity index (χ0n) is 10.7. The van der Waals surface area contributed by atoms with E-state index in [1.807, 2.05) is 37.3 Å². The van der Waals surface area contributed by atoms with Crippen molar-refractivity contribution in [1.29, 1.82) is 0 Å². The maximum atomic E-state index is 11.8. The van der Waals surface area contributed by atoms with Crippen LogP contribution >= 0.6 is 31.9 Å². The molecule has 0 aromatic heterocycles. The third-order valence-electron chi connectivity index (χ3n) is 2.49. The number of esters is 1. The molecule has 0 radical (unpaired) electrons. The van der Waals surface area contributed by atoms with Crippen LogP contribution in [0, 0.1) is 6.92 Å². The maximum Gasteiger partial charge on any atom is 0.349 e. The zero-order valence-corrected chi connectivity index (χ0v) is 13.9. The number of hydrogen-bond donors (Lipinski definition) is 0. The van der Waals surface area contributed by atoms with Gasteiger partial charge in [-0.2, -0.15) is 0 Å². The lowest BCUT2D eigenvalue weighted by Crippen LogP contribution is -2.18. The van der Waals surface area contributed by atoms with E-state index in [-0.39, 0.29) is 6.61 Å². The lowest BCUT2D eigenvalue weighted by atomic mass is 10.2. The van der Waals surface area contributed by atoms with Crippen molar-refractivity contribution in [2.24, 2.45) is 0 Å². The van der Waals surface area contributed by atoms with Crippen LogP contribution < -0.4 is 9.47 Å². The Morgan fingerprint density at radius 3 is 2.50 bits per heavy atom. The van der Waals surface area contributed by atoms with E-state index in [4.69, 9.17) is 9.47 Å². The summed E-state index contributed by atoms with van der Waals surface area (Å²) in [6, 6.07) is 12.8. The van der Waals surface area contributed by atoms with Crippen LogP contribution in [0.4, 0.5) is 0 Å². The van der Waals surface area contributed by atoms with E-state index in [0.717, 1.165) is 14.5 Å². The van der Waals surface area contributed by atoms with Crippen molar-refractivity contribution < 1.29 is 14.3 Å². The van der Waals surface area contributed by atoms with Crippen LogP contribution in [0.3, 0.4) is 0 Å². The largest absolute Gasteiger partial charge is 0.481 e. The van der Waals surface area contributed by atoms with Crippen LogP contribution in [0.15, 0.2) is 51.4 Å². The van der Waals surface area contributed by atoms with Crippen LogP contribution in [0.25, 0.3) is 0 Å². The Balaban J connectivity index is 1.94. The number of carbonyl (C=O) groups excluding carboxylic acids is 1. The molecule has 0 N–H and O–H groups in total. The summed E-state index contributed by atoms with van der Waals surface area (Å²) < 4.78 is 12.2. The van der Waals surface area contributed by atoms with Gasteiger partial charge in [-0.05, 0) is 68.6 Å². The first kappa shape index (κ1) is 15.1. The smallest absolute Gasteiger partial charge is 0.349 e. The molecule has 0 unspecified atom stereocenters. The molecule has 0 bridgehead atoms. The summed E-state index contributed by atoms with van der Waals surface area (Å²) in [7, 11) is 0. The van der Waals surface area contributed by atoms with E-state index in [0.29, 0.717) is 11.5 Å². The van der Waals surface area contributed by atoms with E-state index in [2.05, 4.69) is 31.9 Å². The van der Waals surface area contributed by atoms with Gasteiger partial charge in [-0.15, -0.1) is 0 Å². The monoisotopic (exact) mass is 398 g/mol. The highest BCUT2D eigenvalue weighted by Crippen LogP contribution is 2.26. The highest BCUT2D eigenvalue weighted by molar-refractivity contribution is 9.10. The van der Waals surface area contributed by atoms with Crippen molar-refractivity contribution in [3.8, 4) is 11.5 Å². The summed E-state index contributed by atoms with van der Waals surface area (Å²) in [5, 5.41) is 0. The Labute approximate surface area is 134 Å². The first-order valence-corrected chi connectivity index (χ1v) is 7.49. The summed E-state index contributed by atoms with van der Waals surface area (Å²) in [5.74, 6) is 0.633. The molecule has 2 aromatic carbocycles. The minimum atomic E-state index is -0.453. The molecule has 0 saturated heterocycles. The van der Waals surface area contributed by atoms with E-state index in [9.17, 15) is 4.79 Å². The molecule has 0 spiro atoms. The fourth-order valence-corrected chi connectivity index (χ4v) is 2.51. The number of ether oxygens (including phenoxy) is 2. The number of para-hydroxylation sites is 1. The molecule has 0 amide bonds. The number of benzene rings is 2. The predicted octanol–water partition coefficient (Wildman–Crippen LogP) is 4.50. The topological polar surface area (TPSA) is 35.5 Å². The molecule has 5 heteroatoms. The zero-order chi connectivity index (χ0) is 14.5. The molecule has 3 nitrogen and oxygen atoms in total. The first-order chi connectivity index (χ1) is 9.56. The average molecular weight is 400 g/mol. The minimum Gasteiger partial charge on any atom is -0.481 e. The summed E-state index contributed by atoms with van der Waals surface area (Å²) in [6.45, 7) is 1.81. The van der Waals surface area contributed by atoms with E-state index in [1.54, 1.807) is 12.1 Å². The number of carbonyl (C=O) groups is 1. The molecule has 0 atom stereocenters. The number of halogens is 2. The number of hydrogen-bond acceptors (Lipinski definition) is 3. The second-order valence-corrected chi connectivity index (χ2v) is 5.84. The molecule has 20 heavy (non-hydrogen) atoms. The van der Waals surface area contributed by atoms with Gasteiger partial charge in [0, 0.05) is 0 Å². The Hall–Kier alpha value is -1.33. The Kier molecular flexibility index (Phi) is 5.20. The standard InChI is InChI=1S/C15H12Br2O3/c1-10-6-7-14(12(17)8-10)20-15(18)9-19-13-5-3-2-4-11(13)16/h2-8H,9H2,1H3. The third kappa shape index (κ3) is 4.08. The molecule has 2 rings (SSSR count). The van der Waals surface area contributed by atoms with Gasteiger partial charge in [-0.3, -0.25) is 0 Å². The molecule has 0 aliphatic heterocycles. The molecule has 0 aliphatic rings. The summed E-state index contributed by atoms with van der Waals surface area (Å²) in [5.41, 5.74) is 1.08. The van der Waals surface area contributed by atoms with Gasteiger partial charge in [0.1, 0.15) is 11.5 Å². The van der Waals surface area contributed by atoms with Crippen molar-refractivity contribution in [3.05, 3.63) is 57.0 Å². The Bertz CT molecular complexity index is 626. The quantitative estimate of drug-likeness (QED) is 0.560. The average Bonchev–Trinajstić information content (AvgIpc) is 2.41. The van der Waals surface area contributed by atoms with E-state index >= 15 is 0 Å². The molecule has 104 valence electrons. The van der Waals surface area contributed by atoms with Crippen molar-refractivity contribution in [2.45, 2.75) is 6.92 Å². The SMILES string of the molecule is Cc1ccc(OC(=O)COc2ccccc2Br)c(Br)c1. The molecule has 0 fully saturated rings. The van der Waals surface area contributed by atoms with Crippen LogP contribution in [-0.4, -0.2) is 12.6 Å². The second kappa shape index (κ2) is 6.90. The van der Waals surface area contributed by atoms with Gasteiger partial charge in [-0.1, -0.05) is 18.2 Å². The third-order valence-corrected chi connectivity index (χ3v) is 3.77. The van der Waals surface area contributed by atoms with Crippen molar-refractivity contribution in [3.63, 3.8) is 0 Å². The Morgan fingerprint density at radius 2 is 1.80 bits per heavy atom. The lowest BCUT2D eigenvalue weighted by Gasteiger charge is -2.09. The van der Waals surface area contributed by atoms with Gasteiger partial charge in [0.25, 0.3) is 0 Å². The fourth-order valence-electron chi connectivity index (χ4n) is 1.54. The molecule has 0 aliphatic carbocycles. The molecular weight excluding hydrogens is 388 g/mol. The van der Waals surface area contributed by atoms with Crippen molar-refractivity contribution in [2.75, 3.05) is 6.61 Å². The molecule has 2 aromatic rings. The van der Waals surface area contributed by atoms with Gasteiger partial charge >= 0.3 is 5.97 Å². The van der Waals surface area contributed by atoms with Gasteiger partial charge in [-0.25, -0.2) is 4.79 Å². The molecule has 0 heterocycles. The molecular formula is C15H12Br2O3. The van der Waals surface area contributed by atoms with Crippen molar-refractivity contribution >= 4 is 37.8 Å². The van der Waals surface area contributed by atoms with Crippen LogP contribution in [-0.2, 0) is 4.79 Å². The summed E-state index contributed by atoms with van der Waals surface area (Å²) >= 11 is 6.71. The van der Waals surface area contributed by atoms with E-state index in [1.165, 1.54) is 0 Å². The van der Waals surface area contributed by atoms with Crippen molar-refractivity contribution in [1.82, 2.24) is 0 Å². The summed E-state index contributed by atoms with van der Waals surface area (Å²) in [4.78, 5) is 11.8. The summed E-state index contributed by atoms with van der Waals surface area (Å²) in [6.07, 6.45) is 0. The number of rotatable bonds is 4.